The van der Waals surface area contributed by atoms with Crippen LogP contribution in [0.4, 0.5) is 4.39 Å². The number of hydrogen-bond donors (Lipinski definition) is 2. The molecule has 1 aliphatic heterocycles. The Morgan fingerprint density at radius 1 is 0.960 bits per heavy atom. The highest BCUT2D eigenvalue weighted by Gasteiger charge is 2.29. The van der Waals surface area contributed by atoms with Gasteiger partial charge in [-0.3, -0.25) is 4.90 Å². The summed E-state index contributed by atoms with van der Waals surface area (Å²) in [5, 5.41) is 21.9. The maximum atomic E-state index is 13.5. The van der Waals surface area contributed by atoms with Gasteiger partial charge >= 0.3 is 0 Å². The Morgan fingerprint density at radius 2 is 1.72 bits per heavy atom. The lowest BCUT2D eigenvalue weighted by Crippen LogP contribution is -2.34. The van der Waals surface area contributed by atoms with Crippen LogP contribution in [0.25, 0.3) is 11.0 Å². The number of likely N-dealkylation sites (tertiary alicyclic amines) is 1. The van der Waals surface area contributed by atoms with Gasteiger partial charge in [0.05, 0.1) is 12.3 Å². The first-order chi connectivity index (χ1) is 12.1. The molecule has 4 rings (SSSR count). The van der Waals surface area contributed by atoms with Gasteiger partial charge in [0, 0.05) is 22.6 Å². The number of rotatable bonds is 3. The standard InChI is InChI=1S/C20H20FNO3/c21-14-5-7-15(17(23)12-14)18(22-9-2-1-3-10-22)16-6-4-13-8-11-25-20(13)19(16)24/h4-8,11-12,18,23-24H,1-3,9-10H2. The Balaban J connectivity index is 1.87. The van der Waals surface area contributed by atoms with Gasteiger partial charge in [0.25, 0.3) is 0 Å². The van der Waals surface area contributed by atoms with E-state index in [9.17, 15) is 14.6 Å². The number of nitrogens with zero attached hydrogens (tertiary/aromatic N) is 1. The molecule has 1 unspecified atom stereocenters. The Bertz CT molecular complexity index is 899. The molecule has 25 heavy (non-hydrogen) atoms. The fourth-order valence-electron chi connectivity index (χ4n) is 3.74. The van der Waals surface area contributed by atoms with Gasteiger partial charge in [-0.1, -0.05) is 24.6 Å². The van der Waals surface area contributed by atoms with E-state index in [1.54, 1.807) is 18.4 Å². The predicted octanol–water partition coefficient (Wildman–Crippen LogP) is 4.56. The first-order valence-corrected chi connectivity index (χ1v) is 8.56. The number of fused-ring (bicyclic) bond motifs is 1. The van der Waals surface area contributed by atoms with Gasteiger partial charge in [-0.2, -0.15) is 0 Å². The summed E-state index contributed by atoms with van der Waals surface area (Å²) in [5.41, 5.74) is 1.68. The van der Waals surface area contributed by atoms with E-state index in [1.807, 2.05) is 12.1 Å². The molecule has 3 aromatic rings. The van der Waals surface area contributed by atoms with Crippen molar-refractivity contribution in [1.29, 1.82) is 0 Å². The minimum atomic E-state index is -0.482. The van der Waals surface area contributed by atoms with Gasteiger partial charge in [-0.25, -0.2) is 4.39 Å². The molecule has 1 fully saturated rings. The van der Waals surface area contributed by atoms with Crippen LogP contribution in [0.5, 0.6) is 11.5 Å². The fraction of sp³-hybridized carbons (Fsp3) is 0.300. The summed E-state index contributed by atoms with van der Waals surface area (Å²) >= 11 is 0. The Labute approximate surface area is 145 Å². The second kappa shape index (κ2) is 6.41. The molecular formula is C20H20FNO3. The molecule has 1 aromatic heterocycles. The zero-order valence-electron chi connectivity index (χ0n) is 13.8. The van der Waals surface area contributed by atoms with Crippen LogP contribution in [0.2, 0.25) is 0 Å². The van der Waals surface area contributed by atoms with Crippen molar-refractivity contribution in [3.8, 4) is 11.5 Å². The summed E-state index contributed by atoms with van der Waals surface area (Å²) in [6, 6.07) is 9.25. The van der Waals surface area contributed by atoms with Crippen molar-refractivity contribution in [3.63, 3.8) is 0 Å². The SMILES string of the molecule is Oc1cc(F)ccc1C(c1ccc2ccoc2c1O)N1CCCCC1. The van der Waals surface area contributed by atoms with Gasteiger partial charge in [0.15, 0.2) is 11.3 Å². The van der Waals surface area contributed by atoms with Gasteiger partial charge in [-0.15, -0.1) is 0 Å². The minimum absolute atomic E-state index is 0.0711. The van der Waals surface area contributed by atoms with Crippen LogP contribution in [-0.2, 0) is 0 Å². The second-order valence-corrected chi connectivity index (χ2v) is 6.54. The van der Waals surface area contributed by atoms with E-state index < -0.39 is 5.82 Å². The van der Waals surface area contributed by atoms with E-state index in [0.29, 0.717) is 16.7 Å². The van der Waals surface area contributed by atoms with E-state index >= 15 is 0 Å². The fourth-order valence-corrected chi connectivity index (χ4v) is 3.74. The molecule has 0 radical (unpaired) electrons. The summed E-state index contributed by atoms with van der Waals surface area (Å²) in [6.07, 6.45) is 4.83. The van der Waals surface area contributed by atoms with Crippen molar-refractivity contribution in [2.24, 2.45) is 0 Å². The van der Waals surface area contributed by atoms with Crippen molar-refractivity contribution in [3.05, 3.63) is 59.6 Å². The average molecular weight is 341 g/mol. The number of hydrogen-bond acceptors (Lipinski definition) is 4. The molecule has 2 N–H and O–H groups in total. The molecular weight excluding hydrogens is 321 g/mol. The van der Waals surface area contributed by atoms with Crippen LogP contribution >= 0.6 is 0 Å². The van der Waals surface area contributed by atoms with Gasteiger partial charge < -0.3 is 14.6 Å². The van der Waals surface area contributed by atoms with E-state index in [0.717, 1.165) is 37.4 Å². The number of aromatic hydroxyl groups is 2. The molecule has 4 nitrogen and oxygen atoms in total. The first-order valence-electron chi connectivity index (χ1n) is 8.56. The Hall–Kier alpha value is -2.53. The molecule has 130 valence electrons. The van der Waals surface area contributed by atoms with E-state index in [-0.39, 0.29) is 17.5 Å². The van der Waals surface area contributed by atoms with Crippen molar-refractivity contribution in [1.82, 2.24) is 4.90 Å². The van der Waals surface area contributed by atoms with Gasteiger partial charge in [0.1, 0.15) is 11.6 Å². The molecule has 1 atom stereocenters. The summed E-state index contributed by atoms with van der Waals surface area (Å²) in [4.78, 5) is 2.22. The molecule has 0 aliphatic carbocycles. The van der Waals surface area contributed by atoms with Crippen LogP contribution in [0.15, 0.2) is 47.1 Å². The number of benzene rings is 2. The summed E-state index contributed by atoms with van der Waals surface area (Å²) in [6.45, 7) is 1.72. The van der Waals surface area contributed by atoms with Crippen molar-refractivity contribution >= 4 is 11.0 Å². The Morgan fingerprint density at radius 3 is 2.48 bits per heavy atom. The molecule has 0 amide bonds. The van der Waals surface area contributed by atoms with Crippen LogP contribution in [-0.4, -0.2) is 28.2 Å². The monoisotopic (exact) mass is 341 g/mol. The average Bonchev–Trinajstić information content (AvgIpc) is 3.09. The molecule has 1 aliphatic rings. The zero-order chi connectivity index (χ0) is 17.4. The van der Waals surface area contributed by atoms with Crippen LogP contribution in [0.1, 0.15) is 36.4 Å². The van der Waals surface area contributed by atoms with Crippen LogP contribution in [0.3, 0.4) is 0 Å². The number of phenols is 2. The second-order valence-electron chi connectivity index (χ2n) is 6.54. The predicted molar refractivity (Wildman–Crippen MR) is 93.2 cm³/mol. The van der Waals surface area contributed by atoms with Gasteiger partial charge in [0.2, 0.25) is 0 Å². The maximum absolute atomic E-state index is 13.5. The molecule has 0 spiro atoms. The number of piperidine rings is 1. The lowest BCUT2D eigenvalue weighted by atomic mass is 9.93. The molecule has 5 heteroatoms. The van der Waals surface area contributed by atoms with E-state index in [4.69, 9.17) is 4.42 Å². The highest BCUT2D eigenvalue weighted by molar-refractivity contribution is 5.84. The minimum Gasteiger partial charge on any atom is -0.507 e. The lowest BCUT2D eigenvalue weighted by molar-refractivity contribution is 0.182. The smallest absolute Gasteiger partial charge is 0.175 e. The number of halogens is 1. The maximum Gasteiger partial charge on any atom is 0.175 e. The van der Waals surface area contributed by atoms with E-state index in [1.165, 1.54) is 12.5 Å². The molecule has 2 aromatic carbocycles. The highest BCUT2D eigenvalue weighted by atomic mass is 19.1. The number of furan rings is 1. The Kier molecular flexibility index (Phi) is 4.09. The topological polar surface area (TPSA) is 56.8 Å². The largest absolute Gasteiger partial charge is 0.507 e. The molecule has 1 saturated heterocycles. The molecule has 0 bridgehead atoms. The van der Waals surface area contributed by atoms with Crippen molar-refractivity contribution in [2.45, 2.75) is 25.3 Å². The first kappa shape index (κ1) is 16.0. The van der Waals surface area contributed by atoms with Crippen LogP contribution in [0, 0.1) is 5.82 Å². The molecule has 0 saturated carbocycles. The van der Waals surface area contributed by atoms with E-state index in [2.05, 4.69) is 4.90 Å². The zero-order valence-corrected chi connectivity index (χ0v) is 13.8. The summed E-state index contributed by atoms with van der Waals surface area (Å²) < 4.78 is 18.9. The highest BCUT2D eigenvalue weighted by Crippen LogP contribution is 2.42. The third-order valence-electron chi connectivity index (χ3n) is 4.96. The van der Waals surface area contributed by atoms with Crippen LogP contribution < -0.4 is 0 Å². The third-order valence-corrected chi connectivity index (χ3v) is 4.96. The normalized spacial score (nSPS) is 17.0. The third kappa shape index (κ3) is 2.85. The lowest BCUT2D eigenvalue weighted by Gasteiger charge is -2.35. The van der Waals surface area contributed by atoms with Crippen molar-refractivity contribution in [2.75, 3.05) is 13.1 Å². The quantitative estimate of drug-likeness (QED) is 0.733. The van der Waals surface area contributed by atoms with Gasteiger partial charge in [-0.05, 0) is 38.1 Å². The van der Waals surface area contributed by atoms with Crippen molar-refractivity contribution < 1.29 is 19.0 Å². The molecule has 2 heterocycles. The number of phenolic OH excluding ortho intramolecular Hbond substituents is 2. The summed E-state index contributed by atoms with van der Waals surface area (Å²) in [5.74, 6) is -0.513. The summed E-state index contributed by atoms with van der Waals surface area (Å²) in [7, 11) is 0.